The fraction of sp³-hybridized carbons (Fsp3) is 0.152. The van der Waals surface area contributed by atoms with Crippen LogP contribution in [0.1, 0.15) is 86.4 Å². The number of nitrogens with one attached hydrogen (secondary N) is 3. The first-order valence-corrected chi connectivity index (χ1v) is 28.1. The van der Waals surface area contributed by atoms with Crippen LogP contribution in [0.5, 0.6) is 0 Å². The first-order chi connectivity index (χ1) is 43.3. The van der Waals surface area contributed by atoms with Gasteiger partial charge in [0.1, 0.15) is 34.9 Å². The van der Waals surface area contributed by atoms with Crippen molar-refractivity contribution in [2.24, 2.45) is 4.99 Å². The molecule has 1 aliphatic heterocycles. The summed E-state index contributed by atoms with van der Waals surface area (Å²) in [5.74, 6) is -0.656. The molecule has 5 aliphatic rings. The van der Waals surface area contributed by atoms with Gasteiger partial charge in [-0.3, -0.25) is 54.6 Å². The van der Waals surface area contributed by atoms with Crippen molar-refractivity contribution in [1.29, 1.82) is 0 Å². The van der Waals surface area contributed by atoms with Gasteiger partial charge in [-0.1, -0.05) is 103 Å². The zero-order valence-corrected chi connectivity index (χ0v) is 47.8. The van der Waals surface area contributed by atoms with Crippen LogP contribution in [0.25, 0.3) is 66.5 Å². The summed E-state index contributed by atoms with van der Waals surface area (Å²) in [4.78, 5) is 77.4. The molecule has 4 aliphatic carbocycles. The van der Waals surface area contributed by atoms with Crippen molar-refractivity contribution < 1.29 is 48.0 Å². The molecule has 0 radical (unpaired) electrons. The second-order valence-corrected chi connectivity index (χ2v) is 21.0. The van der Waals surface area contributed by atoms with Crippen LogP contribution >= 0.6 is 0 Å². The van der Waals surface area contributed by atoms with Gasteiger partial charge < -0.3 is 30.0 Å². The molecule has 0 fully saturated rings. The Kier molecular flexibility index (Phi) is 14.8. The van der Waals surface area contributed by atoms with Gasteiger partial charge in [0.2, 0.25) is 11.6 Å². The Labute approximate surface area is 504 Å². The van der Waals surface area contributed by atoms with Gasteiger partial charge in [-0.15, -0.1) is 0 Å². The van der Waals surface area contributed by atoms with E-state index in [9.17, 15) is 39.4 Å². The van der Waals surface area contributed by atoms with Crippen LogP contribution in [0, 0.1) is 20.2 Å². The first kappa shape index (κ1) is 56.9. The Morgan fingerprint density at radius 3 is 1.62 bits per heavy atom. The summed E-state index contributed by atoms with van der Waals surface area (Å²) in [6.07, 6.45) is 0. The van der Waals surface area contributed by atoms with Crippen molar-refractivity contribution in [3.63, 3.8) is 0 Å². The van der Waals surface area contributed by atoms with Gasteiger partial charge in [-0.2, -0.15) is 15.3 Å². The molecule has 5 N–H and O–H groups in total. The Balaban J connectivity index is 0.000000110. The number of anilines is 2. The van der Waals surface area contributed by atoms with Gasteiger partial charge in [0, 0.05) is 111 Å². The van der Waals surface area contributed by atoms with E-state index in [0.717, 1.165) is 72.2 Å². The molecule has 11 aromatic rings. The minimum absolute atomic E-state index is 0.0279. The fourth-order valence-corrected chi connectivity index (χ4v) is 12.2. The summed E-state index contributed by atoms with van der Waals surface area (Å²) < 4.78 is 22.8. The number of nitrogens with two attached hydrogens (primary N) is 1. The van der Waals surface area contributed by atoms with E-state index >= 15 is 0 Å². The van der Waals surface area contributed by atoms with Gasteiger partial charge in [-0.25, -0.2) is 4.68 Å². The number of carbonyl (C=O) groups is 4. The van der Waals surface area contributed by atoms with Crippen molar-refractivity contribution in [3.8, 4) is 33.8 Å². The summed E-state index contributed by atoms with van der Waals surface area (Å²) in [5, 5.41) is 46.9. The maximum Gasteiger partial charge on any atom is 0.281 e. The molecule has 442 valence electrons. The van der Waals surface area contributed by atoms with Gasteiger partial charge in [0.15, 0.2) is 11.6 Å². The molecule has 89 heavy (non-hydrogen) atoms. The summed E-state index contributed by atoms with van der Waals surface area (Å²) in [6, 6.07) is 42.3. The van der Waals surface area contributed by atoms with Crippen LogP contribution in [0.15, 0.2) is 151 Å². The smallest absolute Gasteiger partial charge is 0.281 e. The number of aromatic nitrogens is 6. The third-order valence-electron chi connectivity index (χ3n) is 16.1. The minimum atomic E-state index is -0.535. The van der Waals surface area contributed by atoms with E-state index in [4.69, 9.17) is 29.7 Å². The normalized spacial score (nSPS) is 13.8. The van der Waals surface area contributed by atoms with E-state index in [0.29, 0.717) is 94.4 Å². The number of nitro benzene ring substituents is 2. The molecule has 1 atom stereocenters. The third-order valence-corrected chi connectivity index (χ3v) is 16.1. The topological polar surface area (TPSA) is 317 Å². The highest BCUT2D eigenvalue weighted by Crippen LogP contribution is 2.45. The van der Waals surface area contributed by atoms with Crippen LogP contribution in [0.2, 0.25) is 0 Å². The van der Waals surface area contributed by atoms with Gasteiger partial charge in [0.25, 0.3) is 11.4 Å². The largest absolute Gasteiger partial charge is 0.398 e. The van der Waals surface area contributed by atoms with Crippen LogP contribution in [0.4, 0.5) is 22.7 Å². The van der Waals surface area contributed by atoms with Crippen molar-refractivity contribution in [2.45, 2.75) is 12.8 Å². The number of H-pyrrole nitrogens is 2. The number of benzene rings is 8. The number of nitrogens with zero attached hydrogens (tertiary/aromatic N) is 7. The maximum absolute atomic E-state index is 12.9. The highest BCUT2D eigenvalue weighted by Gasteiger charge is 2.39. The number of hydrogen-bond donors (Lipinski definition) is 4. The van der Waals surface area contributed by atoms with E-state index in [2.05, 4.69) is 30.8 Å². The van der Waals surface area contributed by atoms with Crippen LogP contribution in [-0.2, 0) is 25.7 Å². The molecule has 0 bridgehead atoms. The van der Waals surface area contributed by atoms with E-state index in [1.54, 1.807) is 73.5 Å². The number of aliphatic imine (C=N–C) groups is 1. The molecular formula is C66H51N11O12. The number of fused-ring (bicyclic) bond motifs is 8. The number of rotatable bonds is 13. The molecule has 8 aromatic carbocycles. The van der Waals surface area contributed by atoms with Crippen molar-refractivity contribution in [1.82, 2.24) is 30.2 Å². The fourth-order valence-electron chi connectivity index (χ4n) is 12.2. The number of hydrogen-bond acceptors (Lipinski definition) is 18. The van der Waals surface area contributed by atoms with Crippen LogP contribution in [-0.4, -0.2) is 123 Å². The highest BCUT2D eigenvalue weighted by atomic mass is 16.6. The lowest BCUT2D eigenvalue weighted by Gasteiger charge is -2.20. The van der Waals surface area contributed by atoms with Crippen LogP contribution in [0.3, 0.4) is 0 Å². The predicted octanol–water partition coefficient (Wildman–Crippen LogP) is 10.6. The summed E-state index contributed by atoms with van der Waals surface area (Å²) in [5.41, 5.74) is 20.7. The van der Waals surface area contributed by atoms with Gasteiger partial charge in [0.05, 0.1) is 82.3 Å². The van der Waals surface area contributed by atoms with Crippen LogP contribution < -0.4 is 11.1 Å². The lowest BCUT2D eigenvalue weighted by atomic mass is 9.81. The summed E-state index contributed by atoms with van der Waals surface area (Å²) in [7, 11) is 5.06. The SMILES string of the molecule is CNc1cccc2c1C(=O)c1cccc3[nH]nc-2c13.COCCOCC1N=C2c3cccc(N)c3C(=O)c3cccc1c32.COCCOCn1nc2c3c(cccc31)C(=O)c1c-2cccc1[N+](=O)[O-].O=C1c2c(cccc2[N+](=O)[O-])-c2n[nH]c3cccc1c23. The Hall–Kier alpha value is -11.2. The second kappa shape index (κ2) is 23.2. The third kappa shape index (κ3) is 9.48. The quantitative estimate of drug-likeness (QED) is 0.0361. The van der Waals surface area contributed by atoms with Crippen molar-refractivity contribution in [2.75, 3.05) is 65.4 Å². The van der Waals surface area contributed by atoms with Gasteiger partial charge in [-0.05, 0) is 35.9 Å². The molecule has 0 saturated heterocycles. The Bertz CT molecular complexity index is 4850. The molecule has 23 heteroatoms. The molecule has 0 saturated carbocycles. The highest BCUT2D eigenvalue weighted by molar-refractivity contribution is 6.33. The molecular weight excluding hydrogens is 1140 g/mol. The van der Waals surface area contributed by atoms with Crippen molar-refractivity contribution >= 4 is 84.3 Å². The van der Waals surface area contributed by atoms with E-state index in [-0.39, 0.29) is 58.4 Å². The number of carbonyl (C=O) groups excluding carboxylic acids is 4. The molecule has 3 aromatic heterocycles. The number of aromatic amines is 2. The second-order valence-electron chi connectivity index (χ2n) is 21.0. The zero-order valence-electron chi connectivity index (χ0n) is 47.8. The van der Waals surface area contributed by atoms with Crippen molar-refractivity contribution in [3.05, 3.63) is 227 Å². The lowest BCUT2D eigenvalue weighted by Crippen LogP contribution is -2.22. The average molecular weight is 1190 g/mol. The standard InChI is InChI=1S/C19H18N2O3.C18H15N3O5.C15H11N3O.C14H7N3O3/c1-23-8-9-24-10-15-11-4-2-6-13-16(11)18(21-15)12-5-3-7-14(20)17(12)19(13)22;1-25-8-9-26-10-20-13-6-3-5-12-15(13)17(19-20)11-4-2-7-14(21(23)24)16(11)18(12)22;1-16-10-6-2-4-8-13(10)15(19)9-5-3-7-11-12(9)14(8)18-17-11;18-14-8-4-1-5-9-11(8)13(16-15-9)7-3-2-6-10(12(7)14)17(19)20/h2-7,15H,8-10,20H2,1H3;2-7H,8-10H2,1H3;2-7,16H,1H3,(H,17,18);1-6H,(H,15,16). The first-order valence-electron chi connectivity index (χ1n) is 28.1. The van der Waals surface area contributed by atoms with E-state index in [1.807, 2.05) is 85.9 Å². The number of nitro groups is 2. The summed E-state index contributed by atoms with van der Waals surface area (Å²) in [6.45, 7) is 2.61. The molecule has 1 unspecified atom stereocenters. The maximum atomic E-state index is 12.9. The predicted molar refractivity (Wildman–Crippen MR) is 331 cm³/mol. The summed E-state index contributed by atoms with van der Waals surface area (Å²) >= 11 is 0. The number of methoxy groups -OCH3 is 2. The molecule has 0 amide bonds. The van der Waals surface area contributed by atoms with E-state index in [1.165, 1.54) is 12.1 Å². The lowest BCUT2D eigenvalue weighted by molar-refractivity contribution is -0.385. The molecule has 23 nitrogen and oxygen atoms in total. The molecule has 16 rings (SSSR count). The number of ketones is 4. The minimum Gasteiger partial charge on any atom is -0.398 e. The Morgan fingerprint density at radius 1 is 0.528 bits per heavy atom. The molecule has 0 spiro atoms. The average Bonchev–Trinajstić information content (AvgIpc) is 1.84. The number of nitrogen functional groups attached to an aromatic ring is 1. The Morgan fingerprint density at radius 2 is 1.01 bits per heavy atom. The van der Waals surface area contributed by atoms with Gasteiger partial charge >= 0.3 is 0 Å². The molecule has 4 heterocycles. The monoisotopic (exact) mass is 1190 g/mol. The number of ether oxygens (including phenoxy) is 4. The zero-order chi connectivity index (χ0) is 61.8. The van der Waals surface area contributed by atoms with E-state index < -0.39 is 9.85 Å².